The van der Waals surface area contributed by atoms with E-state index < -0.39 is 0 Å². The minimum atomic E-state index is 0.623. The molecule has 0 amide bonds. The maximum Gasteiger partial charge on any atom is 0.0147 e. The van der Waals surface area contributed by atoms with Crippen LogP contribution in [0.5, 0.6) is 0 Å². The van der Waals surface area contributed by atoms with Crippen molar-refractivity contribution in [2.75, 3.05) is 6.54 Å². The molecule has 0 spiro atoms. The predicted octanol–water partition coefficient (Wildman–Crippen LogP) is 1.95. The molecule has 1 heterocycles. The van der Waals surface area contributed by atoms with Gasteiger partial charge in [-0.25, -0.2) is 0 Å². The molecule has 68 valence electrons. The van der Waals surface area contributed by atoms with Gasteiger partial charge in [0.1, 0.15) is 0 Å². The summed E-state index contributed by atoms with van der Waals surface area (Å²) in [6.45, 7) is 5.43. The van der Waals surface area contributed by atoms with Gasteiger partial charge < -0.3 is 10.3 Å². The highest BCUT2D eigenvalue weighted by molar-refractivity contribution is 5.03. The Kier molecular flexibility index (Phi) is 3.88. The topological polar surface area (TPSA) is 27.8 Å². The number of hydrogen-bond acceptors (Lipinski definition) is 1. The lowest BCUT2D eigenvalue weighted by Gasteiger charge is -2.10. The molecule has 0 radical (unpaired) electrons. The fraction of sp³-hybridized carbons (Fsp3) is 0.600. The summed E-state index contributed by atoms with van der Waals surface area (Å²) in [5.74, 6) is 0. The Hall–Kier alpha value is -0.760. The van der Waals surface area contributed by atoms with Crippen LogP contribution >= 0.6 is 0 Å². The molecule has 0 saturated carbocycles. The van der Waals surface area contributed by atoms with Crippen LogP contribution in [0.15, 0.2) is 18.3 Å². The highest BCUT2D eigenvalue weighted by atomic mass is 14.9. The molecule has 0 aromatic carbocycles. The Labute approximate surface area is 74.4 Å². The third kappa shape index (κ3) is 3.09. The average Bonchev–Trinajstić information content (AvgIpc) is 2.53. The number of aryl methyl sites for hydroxylation is 1. The van der Waals surface area contributed by atoms with Crippen LogP contribution in [0.1, 0.15) is 26.0 Å². The van der Waals surface area contributed by atoms with Crippen molar-refractivity contribution in [3.63, 3.8) is 0 Å². The molecular formula is C10H18N2. The summed E-state index contributed by atoms with van der Waals surface area (Å²) in [5, 5.41) is 3.39. The number of rotatable bonds is 5. The maximum atomic E-state index is 3.39. The van der Waals surface area contributed by atoms with Crippen LogP contribution in [-0.4, -0.2) is 17.6 Å². The standard InChI is InChI=1S/C10H18N2/c1-3-11-9(2)6-7-10-5-4-8-12-10/h4-5,8-9,11-12H,3,6-7H2,1-2H3. The van der Waals surface area contributed by atoms with Crippen molar-refractivity contribution in [2.45, 2.75) is 32.7 Å². The molecule has 0 aliphatic heterocycles. The number of hydrogen-bond donors (Lipinski definition) is 2. The van der Waals surface area contributed by atoms with E-state index in [1.165, 1.54) is 12.1 Å². The minimum Gasteiger partial charge on any atom is -0.365 e. The van der Waals surface area contributed by atoms with Crippen molar-refractivity contribution in [3.05, 3.63) is 24.0 Å². The van der Waals surface area contributed by atoms with Gasteiger partial charge in [-0.05, 0) is 38.4 Å². The van der Waals surface area contributed by atoms with E-state index in [4.69, 9.17) is 0 Å². The largest absolute Gasteiger partial charge is 0.365 e. The summed E-state index contributed by atoms with van der Waals surface area (Å²) in [6.07, 6.45) is 4.32. The van der Waals surface area contributed by atoms with E-state index in [1.54, 1.807) is 0 Å². The van der Waals surface area contributed by atoms with Crippen molar-refractivity contribution in [2.24, 2.45) is 0 Å². The second-order valence-corrected chi connectivity index (χ2v) is 3.19. The molecule has 1 atom stereocenters. The summed E-state index contributed by atoms with van der Waals surface area (Å²) < 4.78 is 0. The zero-order chi connectivity index (χ0) is 8.81. The molecule has 1 unspecified atom stereocenters. The molecule has 0 aliphatic rings. The summed E-state index contributed by atoms with van der Waals surface area (Å²) in [4.78, 5) is 3.21. The van der Waals surface area contributed by atoms with Crippen molar-refractivity contribution >= 4 is 0 Å². The molecule has 0 bridgehead atoms. The van der Waals surface area contributed by atoms with E-state index in [-0.39, 0.29) is 0 Å². The Balaban J connectivity index is 2.17. The quantitative estimate of drug-likeness (QED) is 0.687. The van der Waals surface area contributed by atoms with Crippen molar-refractivity contribution in [1.82, 2.24) is 10.3 Å². The molecule has 12 heavy (non-hydrogen) atoms. The van der Waals surface area contributed by atoms with Crippen molar-refractivity contribution in [3.8, 4) is 0 Å². The van der Waals surface area contributed by atoms with Crippen LogP contribution in [0.2, 0.25) is 0 Å². The second kappa shape index (κ2) is 4.99. The predicted molar refractivity (Wildman–Crippen MR) is 52.3 cm³/mol. The van der Waals surface area contributed by atoms with Gasteiger partial charge in [0, 0.05) is 17.9 Å². The smallest absolute Gasteiger partial charge is 0.0147 e. The average molecular weight is 166 g/mol. The lowest BCUT2D eigenvalue weighted by atomic mass is 10.1. The summed E-state index contributed by atoms with van der Waals surface area (Å²) in [6, 6.07) is 4.81. The normalized spacial score (nSPS) is 13.2. The SMILES string of the molecule is CCNC(C)CCc1ccc[nH]1. The third-order valence-corrected chi connectivity index (χ3v) is 2.06. The first kappa shape index (κ1) is 9.33. The molecule has 0 aliphatic carbocycles. The van der Waals surface area contributed by atoms with Gasteiger partial charge in [0.2, 0.25) is 0 Å². The molecule has 1 aromatic rings. The maximum absolute atomic E-state index is 3.39. The van der Waals surface area contributed by atoms with Crippen LogP contribution in [0.3, 0.4) is 0 Å². The fourth-order valence-corrected chi connectivity index (χ4v) is 1.35. The number of H-pyrrole nitrogens is 1. The van der Waals surface area contributed by atoms with Crippen molar-refractivity contribution in [1.29, 1.82) is 0 Å². The van der Waals surface area contributed by atoms with Gasteiger partial charge in [0.05, 0.1) is 0 Å². The monoisotopic (exact) mass is 166 g/mol. The molecule has 2 nitrogen and oxygen atoms in total. The first-order valence-corrected chi connectivity index (χ1v) is 4.68. The zero-order valence-corrected chi connectivity index (χ0v) is 7.93. The summed E-state index contributed by atoms with van der Waals surface area (Å²) in [7, 11) is 0. The van der Waals surface area contributed by atoms with Gasteiger partial charge in [0.25, 0.3) is 0 Å². The summed E-state index contributed by atoms with van der Waals surface area (Å²) >= 11 is 0. The fourth-order valence-electron chi connectivity index (χ4n) is 1.35. The van der Waals surface area contributed by atoms with E-state index in [0.717, 1.165) is 13.0 Å². The molecular weight excluding hydrogens is 148 g/mol. The van der Waals surface area contributed by atoms with Crippen LogP contribution in [0.25, 0.3) is 0 Å². The molecule has 2 N–H and O–H groups in total. The van der Waals surface area contributed by atoms with E-state index in [2.05, 4.69) is 30.2 Å². The Bertz CT molecular complexity index is 192. The van der Waals surface area contributed by atoms with Crippen LogP contribution in [0.4, 0.5) is 0 Å². The van der Waals surface area contributed by atoms with Gasteiger partial charge in [-0.1, -0.05) is 6.92 Å². The molecule has 1 rings (SSSR count). The number of aromatic amines is 1. The Morgan fingerprint density at radius 3 is 3.00 bits per heavy atom. The first-order chi connectivity index (χ1) is 5.83. The van der Waals surface area contributed by atoms with E-state index in [9.17, 15) is 0 Å². The number of nitrogens with one attached hydrogen (secondary N) is 2. The van der Waals surface area contributed by atoms with Gasteiger partial charge in [-0.3, -0.25) is 0 Å². The third-order valence-electron chi connectivity index (χ3n) is 2.06. The van der Waals surface area contributed by atoms with E-state index >= 15 is 0 Å². The Morgan fingerprint density at radius 2 is 2.42 bits per heavy atom. The lowest BCUT2D eigenvalue weighted by Crippen LogP contribution is -2.25. The van der Waals surface area contributed by atoms with Crippen LogP contribution < -0.4 is 5.32 Å². The molecule has 0 fully saturated rings. The van der Waals surface area contributed by atoms with E-state index in [0.29, 0.717) is 6.04 Å². The van der Waals surface area contributed by atoms with Gasteiger partial charge >= 0.3 is 0 Å². The molecule has 0 saturated heterocycles. The molecule has 2 heteroatoms. The van der Waals surface area contributed by atoms with Crippen LogP contribution in [-0.2, 0) is 6.42 Å². The van der Waals surface area contributed by atoms with Gasteiger partial charge in [-0.2, -0.15) is 0 Å². The molecule has 1 aromatic heterocycles. The van der Waals surface area contributed by atoms with Gasteiger partial charge in [-0.15, -0.1) is 0 Å². The lowest BCUT2D eigenvalue weighted by molar-refractivity contribution is 0.528. The minimum absolute atomic E-state index is 0.623. The highest BCUT2D eigenvalue weighted by Crippen LogP contribution is 2.01. The Morgan fingerprint density at radius 1 is 1.58 bits per heavy atom. The van der Waals surface area contributed by atoms with Crippen molar-refractivity contribution < 1.29 is 0 Å². The zero-order valence-electron chi connectivity index (χ0n) is 7.93. The summed E-state index contributed by atoms with van der Waals surface area (Å²) in [5.41, 5.74) is 1.33. The first-order valence-electron chi connectivity index (χ1n) is 4.68. The highest BCUT2D eigenvalue weighted by Gasteiger charge is 1.99. The van der Waals surface area contributed by atoms with Gasteiger partial charge in [0.15, 0.2) is 0 Å². The van der Waals surface area contributed by atoms with Crippen LogP contribution in [0, 0.1) is 0 Å². The number of aromatic nitrogens is 1. The van der Waals surface area contributed by atoms with E-state index in [1.807, 2.05) is 12.3 Å². The second-order valence-electron chi connectivity index (χ2n) is 3.19.